The summed E-state index contributed by atoms with van der Waals surface area (Å²) in [5.74, 6) is 0.0803. The van der Waals surface area contributed by atoms with E-state index in [0.717, 1.165) is 5.69 Å². The molecule has 1 fully saturated rings. The van der Waals surface area contributed by atoms with E-state index in [1.165, 1.54) is 0 Å². The van der Waals surface area contributed by atoms with Gasteiger partial charge in [-0.25, -0.2) is 0 Å². The van der Waals surface area contributed by atoms with E-state index in [2.05, 4.69) is 4.98 Å². The maximum atomic E-state index is 11.5. The number of pyridine rings is 1. The van der Waals surface area contributed by atoms with E-state index in [9.17, 15) is 4.79 Å². The Morgan fingerprint density at radius 1 is 1.60 bits per heavy atom. The first-order chi connectivity index (χ1) is 7.15. The Hall–Kier alpha value is -0.800. The number of carbonyl (C=O) groups excluding carboxylic acids is 1. The Labute approximate surface area is 98.0 Å². The highest BCUT2D eigenvalue weighted by molar-refractivity contribution is 6.30. The summed E-state index contributed by atoms with van der Waals surface area (Å²) in [4.78, 5) is 17.3. The molecular weight excluding hydrogens is 235 g/mol. The summed E-state index contributed by atoms with van der Waals surface area (Å²) in [7, 11) is 0. The van der Waals surface area contributed by atoms with Gasteiger partial charge in [-0.2, -0.15) is 0 Å². The second-order valence-corrected chi connectivity index (χ2v) is 4.59. The topological polar surface area (TPSA) is 33.2 Å². The van der Waals surface area contributed by atoms with Crippen LogP contribution in [0.4, 0.5) is 0 Å². The van der Waals surface area contributed by atoms with Crippen molar-refractivity contribution in [2.24, 2.45) is 0 Å². The van der Waals surface area contributed by atoms with Crippen LogP contribution < -0.4 is 0 Å². The molecule has 1 aliphatic heterocycles. The molecule has 15 heavy (non-hydrogen) atoms. The smallest absolute Gasteiger partial charge is 0.224 e. The molecule has 0 N–H and O–H groups in total. The molecule has 5 heteroatoms. The maximum absolute atomic E-state index is 11.5. The van der Waals surface area contributed by atoms with Crippen LogP contribution >= 0.6 is 23.2 Å². The number of rotatable bonds is 2. The van der Waals surface area contributed by atoms with Gasteiger partial charge in [-0.15, -0.1) is 11.6 Å². The van der Waals surface area contributed by atoms with Crippen molar-refractivity contribution in [2.75, 3.05) is 6.54 Å². The lowest BCUT2D eigenvalue weighted by molar-refractivity contribution is -0.128. The fourth-order valence-electron chi connectivity index (χ4n) is 1.61. The molecule has 0 spiro atoms. The zero-order chi connectivity index (χ0) is 10.8. The molecule has 0 bridgehead atoms. The quantitative estimate of drug-likeness (QED) is 0.747. The fourth-order valence-corrected chi connectivity index (χ4v) is 2.09. The van der Waals surface area contributed by atoms with Crippen LogP contribution in [0.5, 0.6) is 0 Å². The van der Waals surface area contributed by atoms with E-state index in [1.54, 1.807) is 23.2 Å². The molecule has 0 radical (unpaired) electrons. The molecule has 0 saturated carbocycles. The minimum Gasteiger partial charge on any atom is -0.335 e. The molecule has 2 rings (SSSR count). The van der Waals surface area contributed by atoms with Gasteiger partial charge in [0, 0.05) is 24.2 Å². The molecule has 1 aromatic rings. The lowest BCUT2D eigenvalue weighted by Gasteiger charge is -2.14. The van der Waals surface area contributed by atoms with Gasteiger partial charge in [0.2, 0.25) is 5.91 Å². The molecule has 1 unspecified atom stereocenters. The molecule has 1 atom stereocenters. The van der Waals surface area contributed by atoms with E-state index in [4.69, 9.17) is 23.2 Å². The average molecular weight is 245 g/mol. The maximum Gasteiger partial charge on any atom is 0.224 e. The van der Waals surface area contributed by atoms with E-state index in [1.807, 2.05) is 0 Å². The lowest BCUT2D eigenvalue weighted by atomic mass is 10.3. The van der Waals surface area contributed by atoms with Gasteiger partial charge >= 0.3 is 0 Å². The number of amides is 1. The molecule has 80 valence electrons. The van der Waals surface area contributed by atoms with Gasteiger partial charge in [0.25, 0.3) is 0 Å². The number of hydrogen-bond donors (Lipinski definition) is 0. The van der Waals surface area contributed by atoms with E-state index < -0.39 is 0 Å². The first-order valence-corrected chi connectivity index (χ1v) is 5.49. The van der Waals surface area contributed by atoms with E-state index >= 15 is 0 Å². The Kier molecular flexibility index (Phi) is 3.12. The Bertz CT molecular complexity index is 383. The number of carbonyl (C=O) groups is 1. The second-order valence-electron chi connectivity index (χ2n) is 3.54. The first kappa shape index (κ1) is 10.7. The summed E-state index contributed by atoms with van der Waals surface area (Å²) < 4.78 is 0. The van der Waals surface area contributed by atoms with Gasteiger partial charge in [0.05, 0.1) is 17.6 Å². The molecule has 1 amide bonds. The summed E-state index contributed by atoms with van der Waals surface area (Å²) in [5.41, 5.74) is 0.793. The minimum absolute atomic E-state index is 0.0725. The third kappa shape index (κ3) is 2.61. The lowest BCUT2D eigenvalue weighted by Crippen LogP contribution is -2.25. The highest BCUT2D eigenvalue weighted by Gasteiger charge is 2.27. The zero-order valence-electron chi connectivity index (χ0n) is 7.99. The molecule has 3 nitrogen and oxygen atoms in total. The Morgan fingerprint density at radius 3 is 3.00 bits per heavy atom. The van der Waals surface area contributed by atoms with Crippen LogP contribution in [0.3, 0.4) is 0 Å². The van der Waals surface area contributed by atoms with Gasteiger partial charge in [0.1, 0.15) is 0 Å². The van der Waals surface area contributed by atoms with Crippen LogP contribution in [-0.4, -0.2) is 27.7 Å². The molecule has 2 heterocycles. The van der Waals surface area contributed by atoms with Crippen molar-refractivity contribution in [1.29, 1.82) is 0 Å². The highest BCUT2D eigenvalue weighted by Crippen LogP contribution is 2.19. The van der Waals surface area contributed by atoms with Gasteiger partial charge in [-0.3, -0.25) is 9.78 Å². The summed E-state index contributed by atoms with van der Waals surface area (Å²) in [6.45, 7) is 1.08. The predicted octanol–water partition coefficient (Wildman–Crippen LogP) is 2.07. The number of halogens is 2. The molecule has 1 aromatic heterocycles. The van der Waals surface area contributed by atoms with Crippen molar-refractivity contribution in [3.63, 3.8) is 0 Å². The van der Waals surface area contributed by atoms with Crippen LogP contribution in [0, 0.1) is 0 Å². The van der Waals surface area contributed by atoms with Gasteiger partial charge < -0.3 is 4.90 Å². The number of hydrogen-bond acceptors (Lipinski definition) is 2. The van der Waals surface area contributed by atoms with Crippen LogP contribution in [0.1, 0.15) is 12.1 Å². The largest absolute Gasteiger partial charge is 0.335 e. The second kappa shape index (κ2) is 4.37. The third-order valence-corrected chi connectivity index (χ3v) is 2.83. The normalized spacial score (nSPS) is 21.1. The number of aromatic nitrogens is 1. The summed E-state index contributed by atoms with van der Waals surface area (Å²) in [6.07, 6.45) is 2.05. The Morgan fingerprint density at radius 2 is 2.40 bits per heavy atom. The van der Waals surface area contributed by atoms with Crippen molar-refractivity contribution in [3.8, 4) is 0 Å². The highest BCUT2D eigenvalue weighted by atomic mass is 35.5. The molecule has 0 aromatic carbocycles. The number of nitrogens with zero attached hydrogens (tertiary/aromatic N) is 2. The minimum atomic E-state index is -0.0725. The van der Waals surface area contributed by atoms with E-state index in [-0.39, 0.29) is 11.3 Å². The summed E-state index contributed by atoms with van der Waals surface area (Å²) in [6, 6.07) is 3.47. The molecule has 1 saturated heterocycles. The SMILES string of the molecule is O=C1CC(Cl)CN1Cc1cc(Cl)ccn1. The molecule has 0 aliphatic carbocycles. The van der Waals surface area contributed by atoms with Crippen molar-refractivity contribution in [2.45, 2.75) is 18.3 Å². The third-order valence-electron chi connectivity index (χ3n) is 2.30. The monoisotopic (exact) mass is 244 g/mol. The number of likely N-dealkylation sites (tertiary alicyclic amines) is 1. The summed E-state index contributed by atoms with van der Waals surface area (Å²) >= 11 is 11.7. The molecular formula is C10H10Cl2N2O. The predicted molar refractivity (Wildman–Crippen MR) is 58.9 cm³/mol. The standard InChI is InChI=1S/C10H10Cl2N2O/c11-7-1-2-13-9(3-7)6-14-5-8(12)4-10(14)15/h1-3,8H,4-6H2. The van der Waals surface area contributed by atoms with E-state index in [0.29, 0.717) is 24.5 Å². The van der Waals surface area contributed by atoms with Crippen LogP contribution in [0.15, 0.2) is 18.3 Å². The van der Waals surface area contributed by atoms with Crippen molar-refractivity contribution in [1.82, 2.24) is 9.88 Å². The van der Waals surface area contributed by atoms with Crippen molar-refractivity contribution >= 4 is 29.1 Å². The molecule has 1 aliphatic rings. The average Bonchev–Trinajstić information content (AvgIpc) is 2.45. The van der Waals surface area contributed by atoms with Crippen molar-refractivity contribution < 1.29 is 4.79 Å². The van der Waals surface area contributed by atoms with Gasteiger partial charge in [0.15, 0.2) is 0 Å². The van der Waals surface area contributed by atoms with Crippen LogP contribution in [0.25, 0.3) is 0 Å². The Balaban J connectivity index is 2.06. The van der Waals surface area contributed by atoms with Crippen LogP contribution in [0.2, 0.25) is 5.02 Å². The van der Waals surface area contributed by atoms with Gasteiger partial charge in [-0.05, 0) is 12.1 Å². The van der Waals surface area contributed by atoms with Crippen molar-refractivity contribution in [3.05, 3.63) is 29.0 Å². The fraction of sp³-hybridized carbons (Fsp3) is 0.400. The summed E-state index contributed by atoms with van der Waals surface area (Å²) in [5, 5.41) is 0.561. The van der Waals surface area contributed by atoms with Gasteiger partial charge in [-0.1, -0.05) is 11.6 Å². The zero-order valence-corrected chi connectivity index (χ0v) is 9.50. The first-order valence-electron chi connectivity index (χ1n) is 4.67. The van der Waals surface area contributed by atoms with Crippen LogP contribution in [-0.2, 0) is 11.3 Å². The number of alkyl halides is 1.